The molecule has 1 aliphatic heterocycles. The number of benzene rings is 1. The molecule has 27 heavy (non-hydrogen) atoms. The summed E-state index contributed by atoms with van der Waals surface area (Å²) >= 11 is 3.49. The zero-order valence-corrected chi connectivity index (χ0v) is 16.9. The summed E-state index contributed by atoms with van der Waals surface area (Å²) in [6, 6.07) is 8.20. The van der Waals surface area contributed by atoms with Gasteiger partial charge in [0.15, 0.2) is 0 Å². The molecule has 9 heteroatoms. The van der Waals surface area contributed by atoms with E-state index in [1.54, 1.807) is 13.8 Å². The normalized spacial score (nSPS) is 16.6. The summed E-state index contributed by atoms with van der Waals surface area (Å²) in [5, 5.41) is 18.1. The van der Waals surface area contributed by atoms with E-state index in [0.29, 0.717) is 23.9 Å². The summed E-state index contributed by atoms with van der Waals surface area (Å²) in [5.41, 5.74) is 1.87. The average molecular weight is 436 g/mol. The van der Waals surface area contributed by atoms with Gasteiger partial charge in [-0.2, -0.15) is 5.10 Å². The highest BCUT2D eigenvalue weighted by Crippen LogP contribution is 2.26. The van der Waals surface area contributed by atoms with E-state index in [4.69, 9.17) is 0 Å². The van der Waals surface area contributed by atoms with E-state index in [1.807, 2.05) is 12.1 Å². The first kappa shape index (κ1) is 19.3. The molecule has 8 nitrogen and oxygen atoms in total. The maximum absolute atomic E-state index is 12.2. The van der Waals surface area contributed by atoms with Gasteiger partial charge in [-0.05, 0) is 44.4 Å². The van der Waals surface area contributed by atoms with Crippen LogP contribution in [0.1, 0.15) is 17.8 Å². The van der Waals surface area contributed by atoms with Crippen molar-refractivity contribution in [1.29, 1.82) is 0 Å². The van der Waals surface area contributed by atoms with Crippen LogP contribution in [0.25, 0.3) is 0 Å². The van der Waals surface area contributed by atoms with Crippen LogP contribution in [-0.2, 0) is 11.3 Å². The molecule has 1 aromatic carbocycles. The number of nitrogens with one attached hydrogen (secondary N) is 1. The minimum absolute atomic E-state index is 0.0113. The number of halogens is 1. The van der Waals surface area contributed by atoms with Crippen molar-refractivity contribution in [3.05, 3.63) is 50.2 Å². The summed E-state index contributed by atoms with van der Waals surface area (Å²) in [4.78, 5) is 25.2. The molecule has 3 rings (SSSR count). The molecule has 1 fully saturated rings. The summed E-state index contributed by atoms with van der Waals surface area (Å²) in [7, 11) is 0. The Morgan fingerprint density at radius 2 is 2.22 bits per heavy atom. The SMILES string of the molecule is Cc1nn(CC(=O)NCC2CCN(c3cccc(Br)c3)C2)c(C)c1[N+](=O)[O-]. The maximum Gasteiger partial charge on any atom is 0.312 e. The minimum Gasteiger partial charge on any atom is -0.371 e. The number of amides is 1. The molecule has 1 amide bonds. The molecular formula is C18H22BrN5O3. The molecule has 1 unspecified atom stereocenters. The fourth-order valence-electron chi connectivity index (χ4n) is 3.46. The predicted molar refractivity (Wildman–Crippen MR) is 106 cm³/mol. The highest BCUT2D eigenvalue weighted by atomic mass is 79.9. The van der Waals surface area contributed by atoms with Crippen LogP contribution in [-0.4, -0.2) is 40.2 Å². The monoisotopic (exact) mass is 435 g/mol. The van der Waals surface area contributed by atoms with Gasteiger partial charge in [0.1, 0.15) is 17.9 Å². The van der Waals surface area contributed by atoms with Crippen molar-refractivity contribution < 1.29 is 9.72 Å². The third kappa shape index (κ3) is 4.47. The molecule has 0 bridgehead atoms. The molecule has 144 valence electrons. The molecular weight excluding hydrogens is 414 g/mol. The zero-order chi connectivity index (χ0) is 19.6. The van der Waals surface area contributed by atoms with Crippen LogP contribution >= 0.6 is 15.9 Å². The minimum atomic E-state index is -0.457. The Bertz CT molecular complexity index is 867. The molecule has 0 spiro atoms. The lowest BCUT2D eigenvalue weighted by molar-refractivity contribution is -0.386. The second-order valence-corrected chi connectivity index (χ2v) is 7.73. The molecule has 1 aromatic heterocycles. The zero-order valence-electron chi connectivity index (χ0n) is 15.3. The Labute approximate surface area is 165 Å². The van der Waals surface area contributed by atoms with E-state index >= 15 is 0 Å². The van der Waals surface area contributed by atoms with Gasteiger partial charge < -0.3 is 10.2 Å². The third-order valence-electron chi connectivity index (χ3n) is 4.87. The Morgan fingerprint density at radius 1 is 1.44 bits per heavy atom. The van der Waals surface area contributed by atoms with Crippen LogP contribution in [0.2, 0.25) is 0 Å². The van der Waals surface area contributed by atoms with Crippen LogP contribution in [0, 0.1) is 29.9 Å². The van der Waals surface area contributed by atoms with E-state index < -0.39 is 4.92 Å². The van der Waals surface area contributed by atoms with E-state index in [-0.39, 0.29) is 18.1 Å². The van der Waals surface area contributed by atoms with Crippen molar-refractivity contribution in [2.45, 2.75) is 26.8 Å². The van der Waals surface area contributed by atoms with Crippen LogP contribution in [0.3, 0.4) is 0 Å². The first-order valence-corrected chi connectivity index (χ1v) is 9.60. The number of carbonyl (C=O) groups is 1. The van der Waals surface area contributed by atoms with E-state index in [1.165, 1.54) is 10.4 Å². The number of hydrogen-bond acceptors (Lipinski definition) is 5. The third-order valence-corrected chi connectivity index (χ3v) is 5.36. The molecule has 0 saturated carbocycles. The quantitative estimate of drug-likeness (QED) is 0.555. The second kappa shape index (κ2) is 8.08. The van der Waals surface area contributed by atoms with Gasteiger partial charge in [0.2, 0.25) is 5.91 Å². The maximum atomic E-state index is 12.2. The molecule has 1 atom stereocenters. The summed E-state index contributed by atoms with van der Waals surface area (Å²) in [6.07, 6.45) is 1.01. The van der Waals surface area contributed by atoms with Gasteiger partial charge in [0, 0.05) is 29.8 Å². The molecule has 0 aliphatic carbocycles. The van der Waals surface area contributed by atoms with Crippen LogP contribution in [0.4, 0.5) is 11.4 Å². The Morgan fingerprint density at radius 3 is 2.89 bits per heavy atom. The smallest absolute Gasteiger partial charge is 0.312 e. The molecule has 1 aliphatic rings. The van der Waals surface area contributed by atoms with Crippen molar-refractivity contribution in [1.82, 2.24) is 15.1 Å². The number of carbonyl (C=O) groups excluding carboxylic acids is 1. The van der Waals surface area contributed by atoms with Crippen molar-refractivity contribution in [3.63, 3.8) is 0 Å². The number of nitro groups is 1. The number of nitrogens with zero attached hydrogens (tertiary/aromatic N) is 4. The van der Waals surface area contributed by atoms with Crippen LogP contribution in [0.5, 0.6) is 0 Å². The Kier molecular flexibility index (Phi) is 5.79. The lowest BCUT2D eigenvalue weighted by Gasteiger charge is -2.19. The van der Waals surface area contributed by atoms with Gasteiger partial charge in [0.25, 0.3) is 0 Å². The average Bonchev–Trinajstić information content (AvgIpc) is 3.18. The lowest BCUT2D eigenvalue weighted by atomic mass is 10.1. The van der Waals surface area contributed by atoms with E-state index in [9.17, 15) is 14.9 Å². The van der Waals surface area contributed by atoms with Gasteiger partial charge in [-0.25, -0.2) is 0 Å². The molecule has 1 N–H and O–H groups in total. The Hall–Kier alpha value is -2.42. The second-order valence-electron chi connectivity index (χ2n) is 6.82. The number of aromatic nitrogens is 2. The van der Waals surface area contributed by atoms with Gasteiger partial charge >= 0.3 is 5.69 Å². The van der Waals surface area contributed by atoms with Crippen molar-refractivity contribution in [2.24, 2.45) is 5.92 Å². The number of anilines is 1. The molecule has 1 saturated heterocycles. The van der Waals surface area contributed by atoms with E-state index in [0.717, 1.165) is 24.0 Å². The van der Waals surface area contributed by atoms with Crippen LogP contribution < -0.4 is 10.2 Å². The summed E-state index contributed by atoms with van der Waals surface area (Å²) < 4.78 is 2.45. The molecule has 0 radical (unpaired) electrons. The first-order chi connectivity index (χ1) is 12.8. The Balaban J connectivity index is 1.52. The van der Waals surface area contributed by atoms with E-state index in [2.05, 4.69) is 43.4 Å². The van der Waals surface area contributed by atoms with Crippen molar-refractivity contribution >= 4 is 33.2 Å². The van der Waals surface area contributed by atoms with Crippen molar-refractivity contribution in [2.75, 3.05) is 24.5 Å². The fraction of sp³-hybridized carbons (Fsp3) is 0.444. The number of aryl methyl sites for hydroxylation is 1. The lowest BCUT2D eigenvalue weighted by Crippen LogP contribution is -2.33. The van der Waals surface area contributed by atoms with Gasteiger partial charge in [0.05, 0.1) is 4.92 Å². The summed E-state index contributed by atoms with van der Waals surface area (Å²) in [5.74, 6) is 0.194. The van der Waals surface area contributed by atoms with Crippen molar-refractivity contribution in [3.8, 4) is 0 Å². The fourth-order valence-corrected chi connectivity index (χ4v) is 3.85. The first-order valence-electron chi connectivity index (χ1n) is 8.80. The topological polar surface area (TPSA) is 93.3 Å². The predicted octanol–water partition coefficient (Wildman–Crippen LogP) is 2.81. The number of hydrogen-bond donors (Lipinski definition) is 1. The molecule has 2 heterocycles. The molecule has 2 aromatic rings. The largest absolute Gasteiger partial charge is 0.371 e. The van der Waals surface area contributed by atoms with Gasteiger partial charge in [-0.15, -0.1) is 0 Å². The highest BCUT2D eigenvalue weighted by molar-refractivity contribution is 9.10. The number of rotatable bonds is 6. The highest BCUT2D eigenvalue weighted by Gasteiger charge is 2.25. The van der Waals surface area contributed by atoms with Crippen LogP contribution in [0.15, 0.2) is 28.7 Å². The van der Waals surface area contributed by atoms with Gasteiger partial charge in [-0.3, -0.25) is 19.6 Å². The summed E-state index contributed by atoms with van der Waals surface area (Å²) in [6.45, 7) is 5.61. The van der Waals surface area contributed by atoms with Gasteiger partial charge in [-0.1, -0.05) is 22.0 Å². The standard InChI is InChI=1S/C18H22BrN5O3/c1-12-18(24(26)27)13(2)23(21-12)11-17(25)20-9-14-6-7-22(10-14)16-5-3-4-15(19)8-16/h3-5,8,14H,6-7,9-11H2,1-2H3,(H,20,25).